The summed E-state index contributed by atoms with van der Waals surface area (Å²) in [7, 11) is 0. The fourth-order valence-corrected chi connectivity index (χ4v) is 2.73. The molecule has 1 heterocycles. The summed E-state index contributed by atoms with van der Waals surface area (Å²) in [6, 6.07) is -1.15. The highest BCUT2D eigenvalue weighted by molar-refractivity contribution is 7.17. The van der Waals surface area contributed by atoms with E-state index in [1.807, 2.05) is 0 Å². The zero-order valence-electron chi connectivity index (χ0n) is 15.0. The van der Waals surface area contributed by atoms with Crippen molar-refractivity contribution in [2.75, 3.05) is 5.32 Å². The van der Waals surface area contributed by atoms with Crippen LogP contribution in [-0.2, 0) is 15.8 Å². The van der Waals surface area contributed by atoms with Gasteiger partial charge in [0.15, 0.2) is 10.8 Å². The van der Waals surface area contributed by atoms with Gasteiger partial charge in [0.2, 0.25) is 11.8 Å². The molecule has 0 aliphatic rings. The maximum absolute atomic E-state index is 12.8. The van der Waals surface area contributed by atoms with Gasteiger partial charge < -0.3 is 20.8 Å². The Kier molecular flexibility index (Phi) is 6.94. The number of hydrogen-bond donors (Lipinski definition) is 4. The van der Waals surface area contributed by atoms with Crippen molar-refractivity contribution in [1.29, 1.82) is 0 Å². The number of amides is 2. The first-order valence-corrected chi connectivity index (χ1v) is 8.60. The van der Waals surface area contributed by atoms with Gasteiger partial charge in [0.25, 0.3) is 0 Å². The summed E-state index contributed by atoms with van der Waals surface area (Å²) in [4.78, 5) is 37.3. The van der Waals surface area contributed by atoms with E-state index in [1.54, 1.807) is 27.7 Å². The summed E-state index contributed by atoms with van der Waals surface area (Å²) in [6.45, 7) is 6.37. The lowest BCUT2D eigenvalue weighted by Crippen LogP contribution is -2.50. The normalized spacial score (nSPS) is 14.4. The van der Waals surface area contributed by atoms with E-state index < -0.39 is 57.2 Å². The zero-order chi connectivity index (χ0) is 21.2. The third-order valence-electron chi connectivity index (χ3n) is 3.43. The molecule has 0 spiro atoms. The van der Waals surface area contributed by atoms with Crippen molar-refractivity contribution in [1.82, 2.24) is 10.3 Å². The summed E-state index contributed by atoms with van der Waals surface area (Å²) >= 11 is 0.155. The monoisotopic (exact) mass is 411 g/mol. The number of aliphatic hydroxyl groups excluding tert-OH is 1. The Bertz CT molecular complexity index is 727. The number of anilines is 1. The Morgan fingerprint density at radius 1 is 1.19 bits per heavy atom. The predicted molar refractivity (Wildman–Crippen MR) is 90.4 cm³/mol. The molecular weight excluding hydrogens is 391 g/mol. The van der Waals surface area contributed by atoms with Gasteiger partial charge >= 0.3 is 12.1 Å². The molecular formula is C15H20F3N3O5S. The highest BCUT2D eigenvalue weighted by Crippen LogP contribution is 2.36. The topological polar surface area (TPSA) is 129 Å². The molecule has 0 bridgehead atoms. The predicted octanol–water partition coefficient (Wildman–Crippen LogP) is 2.10. The molecule has 27 heavy (non-hydrogen) atoms. The number of aromatic carboxylic acids is 1. The van der Waals surface area contributed by atoms with Crippen LogP contribution in [0.1, 0.15) is 49.5 Å². The number of aliphatic hydroxyl groups is 1. The van der Waals surface area contributed by atoms with Crippen LogP contribution in [0, 0.1) is 5.41 Å². The fraction of sp³-hybridized carbons (Fsp3) is 0.600. The van der Waals surface area contributed by atoms with Crippen molar-refractivity contribution in [2.45, 2.75) is 52.4 Å². The van der Waals surface area contributed by atoms with E-state index in [-0.39, 0.29) is 17.8 Å². The molecule has 0 saturated heterocycles. The Hall–Kier alpha value is -2.21. The average Bonchev–Trinajstić information content (AvgIpc) is 2.94. The first kappa shape index (κ1) is 22.8. The van der Waals surface area contributed by atoms with E-state index in [0.717, 1.165) is 0 Å². The molecule has 12 heteroatoms. The maximum atomic E-state index is 12.8. The number of carboxylic acid groups (broad SMARTS) is 1. The van der Waals surface area contributed by atoms with Gasteiger partial charge in [-0.05, 0) is 11.8 Å². The van der Waals surface area contributed by atoms with Crippen molar-refractivity contribution < 1.29 is 37.8 Å². The van der Waals surface area contributed by atoms with Crippen LogP contribution in [0.5, 0.6) is 0 Å². The summed E-state index contributed by atoms with van der Waals surface area (Å²) in [5.74, 6) is -3.52. The maximum Gasteiger partial charge on any atom is 0.435 e. The minimum Gasteiger partial charge on any atom is -0.477 e. The molecule has 2 atom stereocenters. The van der Waals surface area contributed by atoms with E-state index >= 15 is 0 Å². The van der Waals surface area contributed by atoms with E-state index in [4.69, 9.17) is 5.11 Å². The van der Waals surface area contributed by atoms with Gasteiger partial charge in [0, 0.05) is 0 Å². The molecule has 152 valence electrons. The van der Waals surface area contributed by atoms with Gasteiger partial charge in [-0.2, -0.15) is 13.2 Å². The lowest BCUT2D eigenvalue weighted by Gasteiger charge is -2.26. The van der Waals surface area contributed by atoms with Gasteiger partial charge in [-0.15, -0.1) is 0 Å². The van der Waals surface area contributed by atoms with Crippen LogP contribution in [0.3, 0.4) is 0 Å². The van der Waals surface area contributed by atoms with Gasteiger partial charge in [-0.25, -0.2) is 9.78 Å². The lowest BCUT2D eigenvalue weighted by atomic mass is 9.88. The Morgan fingerprint density at radius 3 is 2.11 bits per heavy atom. The van der Waals surface area contributed by atoms with Gasteiger partial charge in [0.1, 0.15) is 17.0 Å². The lowest BCUT2D eigenvalue weighted by molar-refractivity contribution is -0.141. The highest BCUT2D eigenvalue weighted by atomic mass is 32.1. The number of halogens is 3. The first-order chi connectivity index (χ1) is 12.2. The standard InChI is InChI=1S/C15H20F3N3O5S/c1-5-6(19-11(24)9(22)14(2,3)4)10(23)21-13-20-8(15(16,17)18)7(27-13)12(25)26/h6,9,22H,5H2,1-4H3,(H,19,24)(H,25,26)(H,20,21,23). The minimum absolute atomic E-state index is 0.0811. The number of rotatable bonds is 6. The van der Waals surface area contributed by atoms with Crippen molar-refractivity contribution in [3.63, 3.8) is 0 Å². The number of carbonyl (C=O) groups is 3. The number of carbonyl (C=O) groups excluding carboxylic acids is 2. The first-order valence-electron chi connectivity index (χ1n) is 7.79. The number of nitrogens with one attached hydrogen (secondary N) is 2. The molecule has 0 aliphatic heterocycles. The number of aromatic nitrogens is 1. The van der Waals surface area contributed by atoms with Crippen molar-refractivity contribution >= 4 is 34.3 Å². The number of thiazole rings is 1. The third-order valence-corrected chi connectivity index (χ3v) is 4.39. The molecule has 2 unspecified atom stereocenters. The Morgan fingerprint density at radius 2 is 1.74 bits per heavy atom. The zero-order valence-corrected chi connectivity index (χ0v) is 15.8. The molecule has 1 rings (SSSR count). The Labute approximate surface area is 156 Å². The summed E-state index contributed by atoms with van der Waals surface area (Å²) < 4.78 is 38.5. The molecule has 4 N–H and O–H groups in total. The van der Waals surface area contributed by atoms with Crippen molar-refractivity contribution in [3.05, 3.63) is 10.6 Å². The average molecular weight is 411 g/mol. The van der Waals surface area contributed by atoms with Crippen LogP contribution in [0.4, 0.5) is 18.3 Å². The fourth-order valence-electron chi connectivity index (χ4n) is 1.90. The summed E-state index contributed by atoms with van der Waals surface area (Å²) in [5, 5.41) is 22.6. The van der Waals surface area contributed by atoms with Crippen LogP contribution in [0.2, 0.25) is 0 Å². The SMILES string of the molecule is CCC(NC(=O)C(O)C(C)(C)C)C(=O)Nc1nc(C(F)(F)F)c(C(=O)O)s1. The van der Waals surface area contributed by atoms with E-state index in [2.05, 4.69) is 15.6 Å². The molecule has 8 nitrogen and oxygen atoms in total. The molecule has 2 amide bonds. The van der Waals surface area contributed by atoms with Crippen LogP contribution < -0.4 is 10.6 Å². The highest BCUT2D eigenvalue weighted by Gasteiger charge is 2.40. The van der Waals surface area contributed by atoms with Crippen LogP contribution >= 0.6 is 11.3 Å². The van der Waals surface area contributed by atoms with Gasteiger partial charge in [-0.3, -0.25) is 9.59 Å². The minimum atomic E-state index is -5.00. The second-order valence-electron chi connectivity index (χ2n) is 6.73. The second kappa shape index (κ2) is 8.21. The molecule has 0 saturated carbocycles. The molecule has 0 fully saturated rings. The van der Waals surface area contributed by atoms with Crippen LogP contribution in [0.25, 0.3) is 0 Å². The number of alkyl halides is 3. The Balaban J connectivity index is 2.96. The third kappa shape index (κ3) is 5.89. The molecule has 0 aromatic carbocycles. The summed E-state index contributed by atoms with van der Waals surface area (Å²) in [5.41, 5.74) is -2.40. The van der Waals surface area contributed by atoms with Crippen molar-refractivity contribution in [2.24, 2.45) is 5.41 Å². The summed E-state index contributed by atoms with van der Waals surface area (Å²) in [6.07, 6.45) is -6.32. The largest absolute Gasteiger partial charge is 0.477 e. The van der Waals surface area contributed by atoms with Crippen LogP contribution in [-0.4, -0.2) is 45.1 Å². The molecule has 1 aromatic heterocycles. The van der Waals surface area contributed by atoms with Gasteiger partial charge in [-0.1, -0.05) is 39.0 Å². The molecule has 0 aliphatic carbocycles. The molecule has 0 radical (unpaired) electrons. The van der Waals surface area contributed by atoms with E-state index in [1.165, 1.54) is 0 Å². The van der Waals surface area contributed by atoms with Crippen LogP contribution in [0.15, 0.2) is 0 Å². The number of hydrogen-bond acceptors (Lipinski definition) is 6. The van der Waals surface area contributed by atoms with Gasteiger partial charge in [0.05, 0.1) is 0 Å². The quantitative estimate of drug-likeness (QED) is 0.568. The molecule has 1 aromatic rings. The number of nitrogens with zero attached hydrogens (tertiary/aromatic N) is 1. The second-order valence-corrected chi connectivity index (χ2v) is 7.73. The smallest absolute Gasteiger partial charge is 0.435 e. The van der Waals surface area contributed by atoms with Crippen molar-refractivity contribution in [3.8, 4) is 0 Å². The number of carboxylic acids is 1. The van der Waals surface area contributed by atoms with E-state index in [9.17, 15) is 32.7 Å². The van der Waals surface area contributed by atoms with E-state index in [0.29, 0.717) is 0 Å².